The van der Waals surface area contributed by atoms with Crippen LogP contribution in [0.15, 0.2) is 60.7 Å². The van der Waals surface area contributed by atoms with E-state index in [1.807, 2.05) is 31.2 Å². The molecular weight excluding hydrogens is 356 g/mol. The third-order valence-corrected chi connectivity index (χ3v) is 5.01. The minimum atomic E-state index is -0.895. The van der Waals surface area contributed by atoms with Crippen LogP contribution >= 0.6 is 0 Å². The molecule has 0 aliphatic carbocycles. The fourth-order valence-corrected chi connectivity index (χ4v) is 3.63. The number of hydrogen-bond donors (Lipinski definition) is 2. The number of piperidine rings is 1. The lowest BCUT2D eigenvalue weighted by molar-refractivity contribution is -0.147. The van der Waals surface area contributed by atoms with Gasteiger partial charge in [-0.05, 0) is 30.0 Å². The van der Waals surface area contributed by atoms with Gasteiger partial charge in [0.2, 0.25) is 5.91 Å². The molecule has 2 amide bonds. The van der Waals surface area contributed by atoms with Crippen LogP contribution in [0.5, 0.6) is 0 Å². The normalized spacial score (nSPS) is 20.2. The van der Waals surface area contributed by atoms with Gasteiger partial charge in [-0.25, -0.2) is 0 Å². The number of hydrogen-bond acceptors (Lipinski definition) is 3. The van der Waals surface area contributed by atoms with Crippen molar-refractivity contribution in [1.82, 2.24) is 10.2 Å². The number of carbonyl (C=O) groups is 3. The third-order valence-electron chi connectivity index (χ3n) is 5.01. The Kier molecular flexibility index (Phi) is 6.09. The summed E-state index contributed by atoms with van der Waals surface area (Å²) in [5.41, 5.74) is 1.13. The van der Waals surface area contributed by atoms with Crippen molar-refractivity contribution in [2.45, 2.75) is 19.4 Å². The molecule has 146 valence electrons. The van der Waals surface area contributed by atoms with Crippen molar-refractivity contribution in [3.05, 3.63) is 71.8 Å². The van der Waals surface area contributed by atoms with Gasteiger partial charge in [-0.15, -0.1) is 0 Å². The minimum absolute atomic E-state index is 0.0834. The molecule has 3 atom stereocenters. The van der Waals surface area contributed by atoms with E-state index in [1.165, 1.54) is 0 Å². The SMILES string of the molecule is CC1CC(C(=O)O)CN(C(=O)C(NC(=O)c2ccccc2)c2ccccc2)C1. The molecule has 3 unspecified atom stereocenters. The Morgan fingerprint density at radius 3 is 2.21 bits per heavy atom. The monoisotopic (exact) mass is 380 g/mol. The van der Waals surface area contributed by atoms with Crippen molar-refractivity contribution in [2.75, 3.05) is 13.1 Å². The predicted octanol–water partition coefficient (Wildman–Crippen LogP) is 2.73. The van der Waals surface area contributed by atoms with E-state index in [0.717, 1.165) is 0 Å². The van der Waals surface area contributed by atoms with Crippen LogP contribution in [0.3, 0.4) is 0 Å². The second-order valence-electron chi connectivity index (χ2n) is 7.30. The first-order valence-electron chi connectivity index (χ1n) is 9.38. The number of nitrogens with zero attached hydrogens (tertiary/aromatic N) is 1. The number of carboxylic acid groups (broad SMARTS) is 1. The zero-order valence-electron chi connectivity index (χ0n) is 15.7. The van der Waals surface area contributed by atoms with Crippen LogP contribution in [0.1, 0.15) is 35.3 Å². The maximum absolute atomic E-state index is 13.3. The van der Waals surface area contributed by atoms with Crippen LogP contribution in [0.4, 0.5) is 0 Å². The summed E-state index contributed by atoms with van der Waals surface area (Å²) in [5.74, 6) is -2.03. The molecule has 0 radical (unpaired) electrons. The molecule has 0 bridgehead atoms. The molecule has 0 aromatic heterocycles. The highest BCUT2D eigenvalue weighted by molar-refractivity contribution is 5.98. The number of likely N-dealkylation sites (tertiary alicyclic amines) is 1. The van der Waals surface area contributed by atoms with E-state index in [1.54, 1.807) is 41.3 Å². The van der Waals surface area contributed by atoms with E-state index in [4.69, 9.17) is 0 Å². The minimum Gasteiger partial charge on any atom is -0.481 e. The topological polar surface area (TPSA) is 86.7 Å². The van der Waals surface area contributed by atoms with E-state index >= 15 is 0 Å². The molecule has 2 aromatic rings. The van der Waals surface area contributed by atoms with E-state index in [-0.39, 0.29) is 24.3 Å². The molecule has 0 saturated carbocycles. The summed E-state index contributed by atoms with van der Waals surface area (Å²) in [7, 11) is 0. The van der Waals surface area contributed by atoms with Gasteiger partial charge < -0.3 is 15.3 Å². The Hall–Kier alpha value is -3.15. The van der Waals surface area contributed by atoms with E-state index in [0.29, 0.717) is 24.1 Å². The summed E-state index contributed by atoms with van der Waals surface area (Å²) < 4.78 is 0. The fourth-order valence-electron chi connectivity index (χ4n) is 3.63. The van der Waals surface area contributed by atoms with Crippen LogP contribution in [-0.2, 0) is 9.59 Å². The van der Waals surface area contributed by atoms with E-state index in [9.17, 15) is 19.5 Å². The first-order valence-corrected chi connectivity index (χ1v) is 9.38. The smallest absolute Gasteiger partial charge is 0.308 e. The average molecular weight is 380 g/mol. The maximum atomic E-state index is 13.3. The molecule has 3 rings (SSSR count). The lowest BCUT2D eigenvalue weighted by Crippen LogP contribution is -2.50. The number of benzene rings is 2. The van der Waals surface area contributed by atoms with Crippen LogP contribution in [0.2, 0.25) is 0 Å². The van der Waals surface area contributed by atoms with Gasteiger partial charge in [0.15, 0.2) is 0 Å². The van der Waals surface area contributed by atoms with Gasteiger partial charge in [0.1, 0.15) is 6.04 Å². The molecule has 0 spiro atoms. The number of nitrogens with one attached hydrogen (secondary N) is 1. The van der Waals surface area contributed by atoms with Crippen LogP contribution in [-0.4, -0.2) is 40.9 Å². The van der Waals surface area contributed by atoms with Crippen molar-refractivity contribution >= 4 is 17.8 Å². The van der Waals surface area contributed by atoms with Gasteiger partial charge in [-0.3, -0.25) is 14.4 Å². The number of rotatable bonds is 5. The number of amides is 2. The summed E-state index contributed by atoms with van der Waals surface area (Å²) >= 11 is 0. The largest absolute Gasteiger partial charge is 0.481 e. The van der Waals surface area contributed by atoms with Crippen molar-refractivity contribution in [3.8, 4) is 0 Å². The first-order chi connectivity index (χ1) is 13.5. The lowest BCUT2D eigenvalue weighted by Gasteiger charge is -2.36. The zero-order chi connectivity index (χ0) is 20.1. The molecule has 28 heavy (non-hydrogen) atoms. The van der Waals surface area contributed by atoms with Gasteiger partial charge in [0, 0.05) is 18.7 Å². The highest BCUT2D eigenvalue weighted by Gasteiger charge is 2.35. The molecular formula is C22H24N2O4. The number of carbonyl (C=O) groups excluding carboxylic acids is 2. The van der Waals surface area contributed by atoms with Crippen molar-refractivity contribution in [1.29, 1.82) is 0 Å². The lowest BCUT2D eigenvalue weighted by atomic mass is 9.89. The van der Waals surface area contributed by atoms with E-state index < -0.39 is 17.9 Å². The second kappa shape index (κ2) is 8.69. The van der Waals surface area contributed by atoms with Crippen LogP contribution in [0.25, 0.3) is 0 Å². The van der Waals surface area contributed by atoms with Crippen molar-refractivity contribution in [2.24, 2.45) is 11.8 Å². The second-order valence-corrected chi connectivity index (χ2v) is 7.30. The molecule has 1 fully saturated rings. The average Bonchev–Trinajstić information content (AvgIpc) is 2.72. The molecule has 6 heteroatoms. The summed E-state index contributed by atoms with van der Waals surface area (Å²) in [4.78, 5) is 39.0. The molecule has 1 heterocycles. The van der Waals surface area contributed by atoms with Crippen LogP contribution in [0, 0.1) is 11.8 Å². The molecule has 1 aliphatic rings. The molecule has 1 aliphatic heterocycles. The van der Waals surface area contributed by atoms with Crippen LogP contribution < -0.4 is 5.32 Å². The maximum Gasteiger partial charge on any atom is 0.308 e. The molecule has 6 nitrogen and oxygen atoms in total. The Labute approximate surface area is 164 Å². The standard InChI is InChI=1S/C22H24N2O4/c1-15-12-18(22(27)28)14-24(13-15)21(26)19(16-8-4-2-5-9-16)23-20(25)17-10-6-3-7-11-17/h2-11,15,18-19H,12-14H2,1H3,(H,23,25)(H,27,28). The van der Waals surface area contributed by atoms with E-state index in [2.05, 4.69) is 5.32 Å². The highest BCUT2D eigenvalue weighted by atomic mass is 16.4. The first kappa shape index (κ1) is 19.6. The Bertz CT molecular complexity index is 838. The summed E-state index contributed by atoms with van der Waals surface area (Å²) in [6.07, 6.45) is 0.547. The highest BCUT2D eigenvalue weighted by Crippen LogP contribution is 2.25. The van der Waals surface area contributed by atoms with Gasteiger partial charge in [0.25, 0.3) is 5.91 Å². The Morgan fingerprint density at radius 2 is 1.61 bits per heavy atom. The summed E-state index contributed by atoms with van der Waals surface area (Å²) in [6.45, 7) is 2.58. The zero-order valence-corrected chi connectivity index (χ0v) is 15.7. The van der Waals surface area contributed by atoms with Gasteiger partial charge in [-0.1, -0.05) is 55.5 Å². The Balaban J connectivity index is 1.85. The van der Waals surface area contributed by atoms with Gasteiger partial charge >= 0.3 is 5.97 Å². The molecule has 1 saturated heterocycles. The summed E-state index contributed by atoms with van der Waals surface area (Å²) in [6, 6.07) is 16.9. The third kappa shape index (κ3) is 4.57. The van der Waals surface area contributed by atoms with Crippen molar-refractivity contribution < 1.29 is 19.5 Å². The van der Waals surface area contributed by atoms with Gasteiger partial charge in [0.05, 0.1) is 5.92 Å². The summed E-state index contributed by atoms with van der Waals surface area (Å²) in [5, 5.41) is 12.2. The van der Waals surface area contributed by atoms with Crippen molar-refractivity contribution in [3.63, 3.8) is 0 Å². The molecule has 2 aromatic carbocycles. The predicted molar refractivity (Wildman–Crippen MR) is 105 cm³/mol. The molecule has 2 N–H and O–H groups in total. The Morgan fingerprint density at radius 1 is 1.00 bits per heavy atom. The number of carboxylic acids is 1. The fraction of sp³-hybridized carbons (Fsp3) is 0.318. The number of aliphatic carboxylic acids is 1. The quantitative estimate of drug-likeness (QED) is 0.835. The van der Waals surface area contributed by atoms with Gasteiger partial charge in [-0.2, -0.15) is 0 Å².